The molecule has 0 N–H and O–H groups in total. The molecule has 0 atom stereocenters. The molecule has 0 unspecified atom stereocenters. The number of ketones is 1. The highest BCUT2D eigenvalue weighted by Gasteiger charge is 2.28. The molecular formula is C22H25NO3. The first-order valence-corrected chi connectivity index (χ1v) is 9.11. The Bertz CT molecular complexity index is 777. The summed E-state index contributed by atoms with van der Waals surface area (Å²) in [6.07, 6.45) is 1.42. The van der Waals surface area contributed by atoms with E-state index in [1.54, 1.807) is 4.90 Å². The van der Waals surface area contributed by atoms with E-state index in [9.17, 15) is 9.59 Å². The van der Waals surface area contributed by atoms with E-state index >= 15 is 0 Å². The van der Waals surface area contributed by atoms with Gasteiger partial charge in [0.25, 0.3) is 5.91 Å². The Kier molecular flexibility index (Phi) is 5.71. The fourth-order valence-corrected chi connectivity index (χ4v) is 3.27. The maximum absolute atomic E-state index is 12.7. The van der Waals surface area contributed by atoms with Gasteiger partial charge in [0.15, 0.2) is 12.4 Å². The number of ether oxygens (including phenoxy) is 1. The third-order valence-electron chi connectivity index (χ3n) is 5.12. The molecule has 1 aliphatic heterocycles. The number of Topliss-reactive ketones (excluding diaryl/α,β-unsaturated/α-hetero) is 1. The number of hydrogen-bond acceptors (Lipinski definition) is 3. The average molecular weight is 351 g/mol. The summed E-state index contributed by atoms with van der Waals surface area (Å²) >= 11 is 0. The van der Waals surface area contributed by atoms with Crippen LogP contribution in [-0.2, 0) is 4.79 Å². The lowest BCUT2D eigenvalue weighted by molar-refractivity contribution is -0.134. The third-order valence-corrected chi connectivity index (χ3v) is 5.12. The highest BCUT2D eigenvalue weighted by molar-refractivity contribution is 5.98. The molecule has 136 valence electrons. The number of likely N-dealkylation sites (tertiary alicyclic amines) is 1. The second kappa shape index (κ2) is 8.17. The number of nitrogens with zero attached hydrogens (tertiary/aromatic N) is 1. The van der Waals surface area contributed by atoms with Gasteiger partial charge >= 0.3 is 0 Å². The minimum absolute atomic E-state index is 0.00352. The van der Waals surface area contributed by atoms with Crippen molar-refractivity contribution in [2.75, 3.05) is 19.7 Å². The summed E-state index contributed by atoms with van der Waals surface area (Å²) in [6.45, 7) is 5.33. The van der Waals surface area contributed by atoms with Crippen molar-refractivity contribution >= 4 is 11.7 Å². The SMILES string of the molecule is Cc1ccc(C(=O)C2CCN(C(=O)COc3ccccc3)CC2)cc1C. The molecule has 4 heteroatoms. The molecule has 2 aromatic rings. The van der Waals surface area contributed by atoms with Crippen molar-refractivity contribution in [3.63, 3.8) is 0 Å². The zero-order valence-corrected chi connectivity index (χ0v) is 15.4. The van der Waals surface area contributed by atoms with Crippen molar-refractivity contribution in [2.24, 2.45) is 5.92 Å². The highest BCUT2D eigenvalue weighted by Crippen LogP contribution is 2.23. The molecule has 0 aromatic heterocycles. The van der Waals surface area contributed by atoms with Crippen LogP contribution >= 0.6 is 0 Å². The summed E-state index contributed by atoms with van der Waals surface area (Å²) in [5.74, 6) is 0.864. The molecule has 1 heterocycles. The first-order valence-electron chi connectivity index (χ1n) is 9.11. The van der Waals surface area contributed by atoms with Crippen molar-refractivity contribution in [2.45, 2.75) is 26.7 Å². The number of piperidine rings is 1. The van der Waals surface area contributed by atoms with Gasteiger partial charge in [-0.25, -0.2) is 0 Å². The van der Waals surface area contributed by atoms with Crippen LogP contribution in [0.15, 0.2) is 48.5 Å². The zero-order chi connectivity index (χ0) is 18.5. The predicted molar refractivity (Wildman–Crippen MR) is 101 cm³/mol. The number of rotatable bonds is 5. The maximum atomic E-state index is 12.7. The van der Waals surface area contributed by atoms with Gasteiger partial charge in [-0.1, -0.05) is 30.3 Å². The van der Waals surface area contributed by atoms with Gasteiger partial charge < -0.3 is 9.64 Å². The van der Waals surface area contributed by atoms with Crippen molar-refractivity contribution < 1.29 is 14.3 Å². The molecule has 3 rings (SSSR count). The van der Waals surface area contributed by atoms with Crippen LogP contribution < -0.4 is 4.74 Å². The Morgan fingerprint density at radius 2 is 1.69 bits per heavy atom. The molecule has 26 heavy (non-hydrogen) atoms. The average Bonchev–Trinajstić information content (AvgIpc) is 2.68. The standard InChI is InChI=1S/C22H25NO3/c1-16-8-9-19(14-17(16)2)22(25)18-10-12-23(13-11-18)21(24)15-26-20-6-4-3-5-7-20/h3-9,14,18H,10-13,15H2,1-2H3. The third kappa shape index (κ3) is 4.31. The molecule has 1 amide bonds. The van der Waals surface area contributed by atoms with Crippen LogP contribution in [-0.4, -0.2) is 36.3 Å². The van der Waals surface area contributed by atoms with E-state index in [0.717, 1.165) is 11.1 Å². The second-order valence-corrected chi connectivity index (χ2v) is 6.92. The van der Waals surface area contributed by atoms with Gasteiger partial charge in [-0.05, 0) is 56.0 Å². The number of amides is 1. The van der Waals surface area contributed by atoms with Gasteiger partial charge in [-0.2, -0.15) is 0 Å². The quantitative estimate of drug-likeness (QED) is 0.770. The molecule has 0 radical (unpaired) electrons. The van der Waals surface area contributed by atoms with Crippen molar-refractivity contribution in [3.05, 3.63) is 65.2 Å². The van der Waals surface area contributed by atoms with Crippen LogP contribution in [0.25, 0.3) is 0 Å². The summed E-state index contributed by atoms with van der Waals surface area (Å²) in [6, 6.07) is 15.2. The number of aryl methyl sites for hydroxylation is 2. The van der Waals surface area contributed by atoms with Crippen LogP contribution in [0.5, 0.6) is 5.75 Å². The maximum Gasteiger partial charge on any atom is 0.260 e. The van der Waals surface area contributed by atoms with Crippen LogP contribution in [0.2, 0.25) is 0 Å². The molecule has 1 saturated heterocycles. The zero-order valence-electron chi connectivity index (χ0n) is 15.4. The molecule has 0 saturated carbocycles. The van der Waals surface area contributed by atoms with Crippen LogP contribution in [0.1, 0.15) is 34.3 Å². The largest absolute Gasteiger partial charge is 0.484 e. The van der Waals surface area contributed by atoms with Crippen molar-refractivity contribution in [3.8, 4) is 5.75 Å². The fraction of sp³-hybridized carbons (Fsp3) is 0.364. The van der Waals surface area contributed by atoms with Crippen molar-refractivity contribution in [1.82, 2.24) is 4.90 Å². The molecule has 2 aromatic carbocycles. The number of carbonyl (C=O) groups excluding carboxylic acids is 2. The number of benzene rings is 2. The Morgan fingerprint density at radius 1 is 1.00 bits per heavy atom. The predicted octanol–water partition coefficient (Wildman–Crippen LogP) is 3.80. The van der Waals surface area contributed by atoms with E-state index in [4.69, 9.17) is 4.74 Å². The lowest BCUT2D eigenvalue weighted by Crippen LogP contribution is -2.42. The highest BCUT2D eigenvalue weighted by atomic mass is 16.5. The molecule has 0 bridgehead atoms. The summed E-state index contributed by atoms with van der Waals surface area (Å²) in [7, 11) is 0. The van der Waals surface area contributed by atoms with E-state index in [1.807, 2.05) is 62.4 Å². The topological polar surface area (TPSA) is 46.6 Å². The van der Waals surface area contributed by atoms with Crippen LogP contribution in [0.3, 0.4) is 0 Å². The molecule has 1 aliphatic rings. The monoisotopic (exact) mass is 351 g/mol. The van der Waals surface area contributed by atoms with E-state index in [1.165, 1.54) is 5.56 Å². The molecule has 1 fully saturated rings. The Morgan fingerprint density at radius 3 is 2.35 bits per heavy atom. The number of carbonyl (C=O) groups is 2. The minimum Gasteiger partial charge on any atom is -0.484 e. The molecule has 0 aliphatic carbocycles. The van der Waals surface area contributed by atoms with E-state index < -0.39 is 0 Å². The van der Waals surface area contributed by atoms with Gasteiger partial charge in [-0.3, -0.25) is 9.59 Å². The lowest BCUT2D eigenvalue weighted by Gasteiger charge is -2.31. The first-order chi connectivity index (χ1) is 12.5. The van der Waals surface area contributed by atoms with Crippen LogP contribution in [0, 0.1) is 19.8 Å². The molecular weight excluding hydrogens is 326 g/mol. The lowest BCUT2D eigenvalue weighted by atomic mass is 9.88. The molecule has 0 spiro atoms. The second-order valence-electron chi connectivity index (χ2n) is 6.92. The first kappa shape index (κ1) is 18.2. The van der Waals surface area contributed by atoms with Gasteiger partial charge in [0, 0.05) is 24.6 Å². The normalized spacial score (nSPS) is 14.9. The van der Waals surface area contributed by atoms with Gasteiger partial charge in [0.2, 0.25) is 0 Å². The summed E-state index contributed by atoms with van der Waals surface area (Å²) in [5.41, 5.74) is 3.12. The minimum atomic E-state index is -0.0223. The van der Waals surface area contributed by atoms with Gasteiger partial charge in [0.05, 0.1) is 0 Å². The van der Waals surface area contributed by atoms with Gasteiger partial charge in [0.1, 0.15) is 5.75 Å². The Hall–Kier alpha value is -2.62. The smallest absolute Gasteiger partial charge is 0.260 e. The summed E-state index contributed by atoms with van der Waals surface area (Å²) < 4.78 is 5.53. The summed E-state index contributed by atoms with van der Waals surface area (Å²) in [4.78, 5) is 26.8. The Balaban J connectivity index is 1.51. The van der Waals surface area contributed by atoms with Crippen molar-refractivity contribution in [1.29, 1.82) is 0 Å². The molecule has 4 nitrogen and oxygen atoms in total. The fourth-order valence-electron chi connectivity index (χ4n) is 3.27. The van der Waals surface area contributed by atoms with E-state index in [0.29, 0.717) is 31.7 Å². The number of para-hydroxylation sites is 1. The van der Waals surface area contributed by atoms with Gasteiger partial charge in [-0.15, -0.1) is 0 Å². The summed E-state index contributed by atoms with van der Waals surface area (Å²) in [5, 5.41) is 0. The van der Waals surface area contributed by atoms with E-state index in [2.05, 4.69) is 0 Å². The van der Waals surface area contributed by atoms with Crippen LogP contribution in [0.4, 0.5) is 0 Å². The Labute approximate surface area is 154 Å². The van der Waals surface area contributed by atoms with E-state index in [-0.39, 0.29) is 24.2 Å². The number of hydrogen-bond donors (Lipinski definition) is 0.